The molecule has 1 aromatic heterocycles. The highest BCUT2D eigenvalue weighted by Crippen LogP contribution is 2.27. The topological polar surface area (TPSA) is 57.5 Å². The maximum atomic E-state index is 11.7. The molecule has 0 saturated heterocycles. The molecule has 2 heterocycles. The molecule has 5 heteroatoms. The van der Waals surface area contributed by atoms with E-state index in [1.807, 2.05) is 0 Å². The number of aromatic carboxylic acids is 1. The van der Waals surface area contributed by atoms with Gasteiger partial charge in [-0.2, -0.15) is 0 Å². The summed E-state index contributed by atoms with van der Waals surface area (Å²) in [7, 11) is 0. The van der Waals surface area contributed by atoms with Crippen molar-refractivity contribution in [3.8, 4) is 0 Å². The Bertz CT molecular complexity index is 728. The number of nitrogens with one attached hydrogen (secondary N) is 1. The van der Waals surface area contributed by atoms with Gasteiger partial charge < -0.3 is 14.8 Å². The van der Waals surface area contributed by atoms with Gasteiger partial charge in [-0.3, -0.25) is 4.98 Å². The Hall–Kier alpha value is -1.65. The monoisotopic (exact) mass is 304 g/mol. The van der Waals surface area contributed by atoms with Crippen LogP contribution >= 0.6 is 11.6 Å². The molecule has 0 aliphatic carbocycles. The molecule has 4 nitrogen and oxygen atoms in total. The minimum atomic E-state index is -1.15. The number of carboxylic acid groups (broad SMARTS) is 1. The van der Waals surface area contributed by atoms with Gasteiger partial charge in [-0.05, 0) is 32.0 Å². The zero-order valence-electron chi connectivity index (χ0n) is 12.1. The number of hydrogen-bond donors (Lipinski definition) is 1. The highest BCUT2D eigenvalue weighted by molar-refractivity contribution is 6.31. The van der Waals surface area contributed by atoms with E-state index < -0.39 is 5.97 Å². The van der Waals surface area contributed by atoms with E-state index >= 15 is 0 Å². The number of carbonyl (C=O) groups is 1. The zero-order chi connectivity index (χ0) is 15.1. The van der Waals surface area contributed by atoms with E-state index in [0.29, 0.717) is 28.5 Å². The molecule has 0 fully saturated rings. The largest absolute Gasteiger partial charge is 0.545 e. The summed E-state index contributed by atoms with van der Waals surface area (Å²) in [6.07, 6.45) is 0.793. The maximum absolute atomic E-state index is 11.7. The van der Waals surface area contributed by atoms with Gasteiger partial charge in [-0.1, -0.05) is 11.6 Å². The van der Waals surface area contributed by atoms with Crippen LogP contribution in [0, 0.1) is 0 Å². The van der Waals surface area contributed by atoms with Crippen LogP contribution in [0.5, 0.6) is 0 Å². The van der Waals surface area contributed by atoms with E-state index in [9.17, 15) is 9.90 Å². The van der Waals surface area contributed by atoms with Crippen molar-refractivity contribution in [2.45, 2.75) is 32.9 Å². The Kier molecular flexibility index (Phi) is 3.59. The molecule has 0 radical (unpaired) electrons. The number of quaternary nitrogens is 1. The average Bonchev–Trinajstić information content (AvgIpc) is 2.43. The molecule has 1 aliphatic heterocycles. The number of rotatable bonds is 2. The second-order valence-corrected chi connectivity index (χ2v) is 6.29. The van der Waals surface area contributed by atoms with Gasteiger partial charge in [0.2, 0.25) is 0 Å². The number of hydrogen-bond acceptors (Lipinski definition) is 3. The smallest absolute Gasteiger partial charge is 0.105 e. The van der Waals surface area contributed by atoms with Crippen LogP contribution in [0.25, 0.3) is 10.9 Å². The van der Waals surface area contributed by atoms with E-state index in [1.165, 1.54) is 4.90 Å². The van der Waals surface area contributed by atoms with Gasteiger partial charge in [0.05, 0.1) is 29.8 Å². The van der Waals surface area contributed by atoms with Crippen molar-refractivity contribution in [2.75, 3.05) is 6.54 Å². The molecular weight excluding hydrogens is 288 g/mol. The molecule has 1 atom stereocenters. The summed E-state index contributed by atoms with van der Waals surface area (Å²) in [4.78, 5) is 17.7. The summed E-state index contributed by atoms with van der Waals surface area (Å²) < 4.78 is 0. The third-order valence-electron chi connectivity index (χ3n) is 4.24. The van der Waals surface area contributed by atoms with Crippen molar-refractivity contribution < 1.29 is 14.8 Å². The Morgan fingerprint density at radius 1 is 1.43 bits per heavy atom. The van der Waals surface area contributed by atoms with Crippen LogP contribution in [-0.2, 0) is 13.0 Å². The number of fused-ring (bicyclic) bond motifs is 2. The Morgan fingerprint density at radius 2 is 2.19 bits per heavy atom. The second-order valence-electron chi connectivity index (χ2n) is 5.85. The molecule has 1 N–H and O–H groups in total. The first-order valence-electron chi connectivity index (χ1n) is 7.14. The fraction of sp³-hybridized carbons (Fsp3) is 0.375. The van der Waals surface area contributed by atoms with Crippen molar-refractivity contribution in [3.05, 3.63) is 40.0 Å². The van der Waals surface area contributed by atoms with Crippen molar-refractivity contribution in [2.24, 2.45) is 0 Å². The lowest BCUT2D eigenvalue weighted by Crippen LogP contribution is -3.14. The highest BCUT2D eigenvalue weighted by atomic mass is 35.5. The van der Waals surface area contributed by atoms with Crippen LogP contribution in [0.15, 0.2) is 18.2 Å². The number of carboxylic acids is 1. The average molecular weight is 305 g/mol. The predicted octanol–water partition coefficient (Wildman–Crippen LogP) is 0.601. The minimum Gasteiger partial charge on any atom is -0.545 e. The van der Waals surface area contributed by atoms with Crippen molar-refractivity contribution in [3.63, 3.8) is 0 Å². The first-order valence-corrected chi connectivity index (χ1v) is 7.52. The van der Waals surface area contributed by atoms with Crippen LogP contribution in [0.2, 0.25) is 5.02 Å². The van der Waals surface area contributed by atoms with Crippen molar-refractivity contribution in [1.82, 2.24) is 4.98 Å². The SMILES string of the molecule is CC(C)[NH+]1CCc2nc3ccc(Cl)cc3c(C(=O)[O-])c2C1. The van der Waals surface area contributed by atoms with Gasteiger partial charge in [0.25, 0.3) is 0 Å². The molecule has 2 aromatic rings. The van der Waals surface area contributed by atoms with E-state index in [4.69, 9.17) is 11.6 Å². The van der Waals surface area contributed by atoms with Gasteiger partial charge in [-0.25, -0.2) is 0 Å². The van der Waals surface area contributed by atoms with Crippen LogP contribution in [0.4, 0.5) is 0 Å². The van der Waals surface area contributed by atoms with Crippen LogP contribution in [-0.4, -0.2) is 23.5 Å². The minimum absolute atomic E-state index is 0.260. The summed E-state index contributed by atoms with van der Waals surface area (Å²) in [5.74, 6) is -1.15. The summed E-state index contributed by atoms with van der Waals surface area (Å²) in [6.45, 7) is 5.93. The van der Waals surface area contributed by atoms with Gasteiger partial charge >= 0.3 is 0 Å². The highest BCUT2D eigenvalue weighted by Gasteiger charge is 2.27. The third kappa shape index (κ3) is 2.49. The lowest BCUT2D eigenvalue weighted by atomic mass is 9.95. The number of pyridine rings is 1. The number of halogens is 1. The molecule has 0 amide bonds. The quantitative estimate of drug-likeness (QED) is 0.884. The van der Waals surface area contributed by atoms with Gasteiger partial charge in [-0.15, -0.1) is 0 Å². The molecule has 3 rings (SSSR count). The summed E-state index contributed by atoms with van der Waals surface area (Å²) in [5.41, 5.74) is 2.62. The first-order chi connectivity index (χ1) is 9.97. The lowest BCUT2D eigenvalue weighted by molar-refractivity contribution is -0.937. The molecule has 0 spiro atoms. The first kappa shape index (κ1) is 14.3. The van der Waals surface area contributed by atoms with E-state index in [2.05, 4.69) is 18.8 Å². The fourth-order valence-electron chi connectivity index (χ4n) is 3.04. The van der Waals surface area contributed by atoms with Crippen LogP contribution in [0.1, 0.15) is 35.5 Å². The molecule has 1 aliphatic rings. The number of aromatic nitrogens is 1. The number of benzene rings is 1. The second kappa shape index (κ2) is 5.28. The van der Waals surface area contributed by atoms with E-state index in [0.717, 1.165) is 24.2 Å². The molecule has 110 valence electrons. The lowest BCUT2D eigenvalue weighted by Gasteiger charge is -2.30. The Morgan fingerprint density at radius 3 is 2.86 bits per heavy atom. The van der Waals surface area contributed by atoms with Gasteiger partial charge in [0, 0.05) is 28.0 Å². The summed E-state index contributed by atoms with van der Waals surface area (Å²) in [5, 5.41) is 12.8. The normalized spacial score (nSPS) is 18.0. The van der Waals surface area contributed by atoms with Crippen molar-refractivity contribution in [1.29, 1.82) is 0 Å². The molecule has 1 unspecified atom stereocenters. The molecule has 21 heavy (non-hydrogen) atoms. The van der Waals surface area contributed by atoms with E-state index in [1.54, 1.807) is 18.2 Å². The third-order valence-corrected chi connectivity index (χ3v) is 4.48. The fourth-order valence-corrected chi connectivity index (χ4v) is 3.22. The Balaban J connectivity index is 2.26. The predicted molar refractivity (Wildman–Crippen MR) is 79.5 cm³/mol. The van der Waals surface area contributed by atoms with Crippen LogP contribution in [0.3, 0.4) is 0 Å². The molecule has 0 bridgehead atoms. The number of nitrogens with zero attached hydrogens (tertiary/aromatic N) is 1. The molecule has 1 aromatic carbocycles. The van der Waals surface area contributed by atoms with Crippen LogP contribution < -0.4 is 10.0 Å². The van der Waals surface area contributed by atoms with E-state index in [-0.39, 0.29) is 5.56 Å². The number of carbonyl (C=O) groups excluding carboxylic acids is 1. The zero-order valence-corrected chi connectivity index (χ0v) is 12.8. The van der Waals surface area contributed by atoms with Gasteiger partial charge in [0.15, 0.2) is 0 Å². The maximum Gasteiger partial charge on any atom is 0.105 e. The molecular formula is C16H17ClN2O2. The molecule has 0 saturated carbocycles. The summed E-state index contributed by atoms with van der Waals surface area (Å²) >= 11 is 6.01. The van der Waals surface area contributed by atoms with Gasteiger partial charge in [0.1, 0.15) is 6.54 Å². The summed E-state index contributed by atoms with van der Waals surface area (Å²) in [6, 6.07) is 5.62. The Labute approximate surface area is 128 Å². The van der Waals surface area contributed by atoms with Crippen molar-refractivity contribution >= 4 is 28.5 Å². The standard InChI is InChI=1S/C16H17ClN2O2/c1-9(2)19-6-5-14-12(8-19)15(16(20)21)11-7-10(17)3-4-13(11)18-14/h3-4,7,9H,5-6,8H2,1-2H3,(H,20,21).